The molecule has 0 aliphatic carbocycles. The summed E-state index contributed by atoms with van der Waals surface area (Å²) in [5, 5.41) is 6.94. The number of hydrogen-bond donors (Lipinski definition) is 2. The summed E-state index contributed by atoms with van der Waals surface area (Å²) >= 11 is 0. The molecule has 2 atom stereocenters. The summed E-state index contributed by atoms with van der Waals surface area (Å²) < 4.78 is 14.1. The number of benzene rings is 2. The minimum absolute atomic E-state index is 0.0965. The highest BCUT2D eigenvalue weighted by Gasteiger charge is 2.29. The molecular weight excluding hydrogens is 263 g/mol. The van der Waals surface area contributed by atoms with Crippen molar-refractivity contribution in [1.82, 2.24) is 10.6 Å². The normalized spacial score (nSPS) is 21.6. The molecule has 1 saturated heterocycles. The summed E-state index contributed by atoms with van der Waals surface area (Å²) in [5.41, 5.74) is 3.19. The highest BCUT2D eigenvalue weighted by molar-refractivity contribution is 5.30. The Morgan fingerprint density at radius 3 is 2.76 bits per heavy atom. The van der Waals surface area contributed by atoms with E-state index >= 15 is 0 Å². The van der Waals surface area contributed by atoms with Gasteiger partial charge in [0.2, 0.25) is 0 Å². The van der Waals surface area contributed by atoms with Crippen molar-refractivity contribution in [3.63, 3.8) is 0 Å². The summed E-state index contributed by atoms with van der Waals surface area (Å²) in [6.07, 6.45) is 0. The fraction of sp³-hybridized carbons (Fsp3) is 0.333. The highest BCUT2D eigenvalue weighted by Crippen LogP contribution is 2.26. The maximum absolute atomic E-state index is 14.1. The van der Waals surface area contributed by atoms with Gasteiger partial charge in [0.05, 0.1) is 0 Å². The zero-order valence-corrected chi connectivity index (χ0v) is 12.3. The maximum atomic E-state index is 14.1. The number of aryl methyl sites for hydroxylation is 1. The largest absolute Gasteiger partial charge is 0.314 e. The van der Waals surface area contributed by atoms with E-state index in [1.807, 2.05) is 37.3 Å². The second-order valence-electron chi connectivity index (χ2n) is 5.76. The predicted molar refractivity (Wildman–Crippen MR) is 83.8 cm³/mol. The van der Waals surface area contributed by atoms with E-state index < -0.39 is 0 Å². The molecule has 0 bridgehead atoms. The van der Waals surface area contributed by atoms with Gasteiger partial charge in [0.1, 0.15) is 5.82 Å². The first kappa shape index (κ1) is 14.2. The third-order valence-corrected chi connectivity index (χ3v) is 4.18. The summed E-state index contributed by atoms with van der Waals surface area (Å²) in [5.74, 6) is 0.0921. The molecule has 2 aromatic carbocycles. The average Bonchev–Trinajstić information content (AvgIpc) is 2.97. The molecule has 1 aliphatic heterocycles. The maximum Gasteiger partial charge on any atom is 0.126 e. The number of hydrogen-bond acceptors (Lipinski definition) is 2. The van der Waals surface area contributed by atoms with Gasteiger partial charge in [-0.25, -0.2) is 4.39 Å². The standard InChI is InChI=1S/C18H21FN2/c1-13-7-8-17(19)15(9-13)16-11-20-12-18(16)21-10-14-5-3-2-4-6-14/h2-9,16,18,20-21H,10-12H2,1H3. The Kier molecular flexibility index (Phi) is 4.32. The molecule has 3 rings (SSSR count). The van der Waals surface area contributed by atoms with Crippen LogP contribution in [0.15, 0.2) is 48.5 Å². The molecule has 2 N–H and O–H groups in total. The van der Waals surface area contributed by atoms with Crippen molar-refractivity contribution < 1.29 is 4.39 Å². The van der Waals surface area contributed by atoms with Gasteiger partial charge in [-0.05, 0) is 24.1 Å². The molecule has 110 valence electrons. The Hall–Kier alpha value is -1.71. The quantitative estimate of drug-likeness (QED) is 0.902. The number of rotatable bonds is 4. The zero-order chi connectivity index (χ0) is 14.7. The van der Waals surface area contributed by atoms with Gasteiger partial charge < -0.3 is 10.6 Å². The van der Waals surface area contributed by atoms with E-state index in [0.717, 1.165) is 30.8 Å². The van der Waals surface area contributed by atoms with Crippen LogP contribution in [0.3, 0.4) is 0 Å². The Labute approximate surface area is 125 Å². The van der Waals surface area contributed by atoms with Crippen molar-refractivity contribution in [2.24, 2.45) is 0 Å². The van der Waals surface area contributed by atoms with Crippen LogP contribution in [0.2, 0.25) is 0 Å². The van der Waals surface area contributed by atoms with E-state index in [4.69, 9.17) is 0 Å². The number of halogens is 1. The minimum atomic E-state index is -0.0965. The fourth-order valence-electron chi connectivity index (χ4n) is 3.01. The smallest absolute Gasteiger partial charge is 0.126 e. The van der Waals surface area contributed by atoms with Gasteiger partial charge >= 0.3 is 0 Å². The fourth-order valence-corrected chi connectivity index (χ4v) is 3.01. The molecule has 0 radical (unpaired) electrons. The van der Waals surface area contributed by atoms with E-state index in [2.05, 4.69) is 22.8 Å². The Morgan fingerprint density at radius 2 is 1.95 bits per heavy atom. The summed E-state index contributed by atoms with van der Waals surface area (Å²) in [6, 6.07) is 16.0. The molecular formula is C18H21FN2. The lowest BCUT2D eigenvalue weighted by Crippen LogP contribution is -2.34. The van der Waals surface area contributed by atoms with Crippen molar-refractivity contribution in [2.75, 3.05) is 13.1 Å². The summed E-state index contributed by atoms with van der Waals surface area (Å²) in [4.78, 5) is 0. The molecule has 0 spiro atoms. The topological polar surface area (TPSA) is 24.1 Å². The SMILES string of the molecule is Cc1ccc(F)c(C2CNCC2NCc2ccccc2)c1. The third kappa shape index (κ3) is 3.31. The van der Waals surface area contributed by atoms with Crippen molar-refractivity contribution >= 4 is 0 Å². The lowest BCUT2D eigenvalue weighted by molar-refractivity contribution is 0.486. The van der Waals surface area contributed by atoms with Gasteiger partial charge in [0.15, 0.2) is 0 Å². The Balaban J connectivity index is 1.72. The van der Waals surface area contributed by atoms with Crippen molar-refractivity contribution in [3.05, 3.63) is 71.0 Å². The average molecular weight is 284 g/mol. The Bertz CT molecular complexity index is 597. The van der Waals surface area contributed by atoms with Crippen LogP contribution in [0.25, 0.3) is 0 Å². The van der Waals surface area contributed by atoms with Crippen LogP contribution in [0.1, 0.15) is 22.6 Å². The lowest BCUT2D eigenvalue weighted by Gasteiger charge is -2.21. The van der Waals surface area contributed by atoms with Crippen molar-refractivity contribution in [1.29, 1.82) is 0 Å². The zero-order valence-electron chi connectivity index (χ0n) is 12.3. The van der Waals surface area contributed by atoms with Gasteiger partial charge in [-0.15, -0.1) is 0 Å². The van der Waals surface area contributed by atoms with Crippen LogP contribution in [-0.4, -0.2) is 19.1 Å². The monoisotopic (exact) mass is 284 g/mol. The predicted octanol–water partition coefficient (Wildman–Crippen LogP) is 2.98. The van der Waals surface area contributed by atoms with E-state index in [1.165, 1.54) is 5.56 Å². The van der Waals surface area contributed by atoms with Gasteiger partial charge in [0.25, 0.3) is 0 Å². The van der Waals surface area contributed by atoms with Crippen LogP contribution in [-0.2, 0) is 6.54 Å². The third-order valence-electron chi connectivity index (χ3n) is 4.18. The summed E-state index contributed by atoms with van der Waals surface area (Å²) in [7, 11) is 0. The second-order valence-corrected chi connectivity index (χ2v) is 5.76. The van der Waals surface area contributed by atoms with Gasteiger partial charge in [0, 0.05) is 31.6 Å². The molecule has 0 saturated carbocycles. The molecule has 2 aromatic rings. The highest BCUT2D eigenvalue weighted by atomic mass is 19.1. The van der Waals surface area contributed by atoms with Crippen molar-refractivity contribution in [2.45, 2.75) is 25.4 Å². The van der Waals surface area contributed by atoms with E-state index in [1.54, 1.807) is 6.07 Å². The van der Waals surface area contributed by atoms with Crippen LogP contribution < -0.4 is 10.6 Å². The van der Waals surface area contributed by atoms with Gasteiger partial charge in [-0.2, -0.15) is 0 Å². The molecule has 1 heterocycles. The van der Waals surface area contributed by atoms with Gasteiger partial charge in [-0.1, -0.05) is 48.0 Å². The van der Waals surface area contributed by atoms with Crippen molar-refractivity contribution in [3.8, 4) is 0 Å². The second kappa shape index (κ2) is 6.37. The number of nitrogens with one attached hydrogen (secondary N) is 2. The molecule has 2 nitrogen and oxygen atoms in total. The first-order valence-electron chi connectivity index (χ1n) is 7.48. The molecule has 1 aliphatic rings. The van der Waals surface area contributed by atoms with Crippen LogP contribution >= 0.6 is 0 Å². The molecule has 0 aromatic heterocycles. The molecule has 0 amide bonds. The minimum Gasteiger partial charge on any atom is -0.314 e. The van der Waals surface area contributed by atoms with Crippen LogP contribution in [0, 0.1) is 12.7 Å². The van der Waals surface area contributed by atoms with E-state index in [9.17, 15) is 4.39 Å². The van der Waals surface area contributed by atoms with E-state index in [0.29, 0.717) is 0 Å². The molecule has 2 unspecified atom stereocenters. The van der Waals surface area contributed by atoms with E-state index in [-0.39, 0.29) is 17.8 Å². The summed E-state index contributed by atoms with van der Waals surface area (Å²) in [6.45, 7) is 4.53. The molecule has 1 fully saturated rings. The first-order valence-corrected chi connectivity index (χ1v) is 7.48. The molecule has 3 heteroatoms. The Morgan fingerprint density at radius 1 is 1.14 bits per heavy atom. The van der Waals surface area contributed by atoms with Gasteiger partial charge in [-0.3, -0.25) is 0 Å². The lowest BCUT2D eigenvalue weighted by atomic mass is 9.92. The van der Waals surface area contributed by atoms with Crippen LogP contribution in [0.5, 0.6) is 0 Å². The first-order chi connectivity index (χ1) is 10.2. The molecule has 21 heavy (non-hydrogen) atoms. The van der Waals surface area contributed by atoms with Crippen LogP contribution in [0.4, 0.5) is 4.39 Å².